The minimum Gasteiger partial charge on any atom is -0.480 e. The molecule has 0 saturated carbocycles. The molecule has 1 unspecified atom stereocenters. The van der Waals surface area contributed by atoms with Gasteiger partial charge < -0.3 is 10.8 Å². The fourth-order valence-electron chi connectivity index (χ4n) is 0.756. The zero-order chi connectivity index (χ0) is 12.7. The van der Waals surface area contributed by atoms with Crippen LogP contribution < -0.4 is 5.73 Å². The Balaban J connectivity index is 0.000000293. The van der Waals surface area contributed by atoms with Crippen LogP contribution in [0.25, 0.3) is 0 Å². The van der Waals surface area contributed by atoms with Gasteiger partial charge in [0.25, 0.3) is 0 Å². The molecule has 1 aromatic rings. The van der Waals surface area contributed by atoms with Gasteiger partial charge in [-0.25, -0.2) is 8.78 Å². The first-order valence-electron chi connectivity index (χ1n) is 4.79. The van der Waals surface area contributed by atoms with Crippen LogP contribution in [0.2, 0.25) is 0 Å². The van der Waals surface area contributed by atoms with E-state index in [4.69, 9.17) is 10.8 Å². The average molecular weight is 231 g/mol. The third-order valence-corrected chi connectivity index (χ3v) is 1.96. The summed E-state index contributed by atoms with van der Waals surface area (Å²) in [6.45, 7) is 3.14. The molecule has 90 valence electrons. The van der Waals surface area contributed by atoms with E-state index in [1.807, 2.05) is 0 Å². The second kappa shape index (κ2) is 6.90. The van der Waals surface area contributed by atoms with Gasteiger partial charge in [0.05, 0.1) is 0 Å². The number of rotatable bonds is 2. The van der Waals surface area contributed by atoms with Gasteiger partial charge in [-0.2, -0.15) is 0 Å². The van der Waals surface area contributed by atoms with E-state index in [1.54, 1.807) is 6.92 Å². The minimum absolute atomic E-state index is 0.0810. The maximum Gasteiger partial charge on any atom is 0.320 e. The van der Waals surface area contributed by atoms with Crippen molar-refractivity contribution in [2.45, 2.75) is 26.3 Å². The monoisotopic (exact) mass is 231 g/mol. The Labute approximate surface area is 92.9 Å². The maximum absolute atomic E-state index is 12.3. The number of carboxylic acid groups (broad SMARTS) is 1. The molecule has 0 heterocycles. The van der Waals surface area contributed by atoms with Crippen molar-refractivity contribution in [2.24, 2.45) is 5.73 Å². The summed E-state index contributed by atoms with van der Waals surface area (Å²) in [7, 11) is 0. The number of hydrogen-bond acceptors (Lipinski definition) is 2. The predicted octanol–water partition coefficient (Wildman–Crippen LogP) is 2.08. The first-order valence-corrected chi connectivity index (χ1v) is 4.79. The lowest BCUT2D eigenvalue weighted by Gasteiger charge is -1.97. The molecule has 0 bridgehead atoms. The molecule has 1 rings (SSSR count). The van der Waals surface area contributed by atoms with Crippen LogP contribution in [0.5, 0.6) is 0 Å². The molecule has 0 aliphatic carbocycles. The van der Waals surface area contributed by atoms with Crippen molar-refractivity contribution >= 4 is 5.97 Å². The van der Waals surface area contributed by atoms with Gasteiger partial charge in [-0.05, 0) is 25.5 Å². The van der Waals surface area contributed by atoms with Crippen molar-refractivity contribution in [1.82, 2.24) is 0 Å². The molecule has 0 radical (unpaired) electrons. The van der Waals surface area contributed by atoms with Crippen LogP contribution in [0.3, 0.4) is 0 Å². The Morgan fingerprint density at radius 2 is 1.88 bits per heavy atom. The summed E-state index contributed by atoms with van der Waals surface area (Å²) < 4.78 is 24.7. The largest absolute Gasteiger partial charge is 0.480 e. The van der Waals surface area contributed by atoms with E-state index >= 15 is 0 Å². The highest BCUT2D eigenvalue weighted by molar-refractivity contribution is 5.72. The first-order chi connectivity index (χ1) is 7.40. The van der Waals surface area contributed by atoms with Crippen LogP contribution in [0.4, 0.5) is 8.78 Å². The molecule has 16 heavy (non-hydrogen) atoms. The van der Waals surface area contributed by atoms with Gasteiger partial charge in [0.2, 0.25) is 0 Å². The molecular weight excluding hydrogens is 216 g/mol. The quantitative estimate of drug-likeness (QED) is 0.819. The van der Waals surface area contributed by atoms with Gasteiger partial charge in [0.1, 0.15) is 17.7 Å². The van der Waals surface area contributed by atoms with E-state index in [1.165, 1.54) is 25.1 Å². The van der Waals surface area contributed by atoms with Gasteiger partial charge in [0.15, 0.2) is 0 Å². The number of hydrogen-bond donors (Lipinski definition) is 2. The number of nitrogens with two attached hydrogens (primary N) is 1. The molecule has 0 aliphatic rings. The van der Waals surface area contributed by atoms with Crippen molar-refractivity contribution in [2.75, 3.05) is 0 Å². The average Bonchev–Trinajstić information content (AvgIpc) is 2.25. The molecule has 0 saturated heterocycles. The van der Waals surface area contributed by atoms with Crippen LogP contribution in [-0.2, 0) is 4.79 Å². The molecular formula is C11H15F2NO2. The van der Waals surface area contributed by atoms with Crippen LogP contribution >= 0.6 is 0 Å². The molecule has 3 N–H and O–H groups in total. The number of aliphatic carboxylic acids is 1. The summed E-state index contributed by atoms with van der Waals surface area (Å²) in [6, 6.07) is 3.13. The van der Waals surface area contributed by atoms with E-state index in [9.17, 15) is 13.6 Å². The van der Waals surface area contributed by atoms with Gasteiger partial charge in [-0.15, -0.1) is 0 Å². The van der Waals surface area contributed by atoms with Crippen LogP contribution in [0.1, 0.15) is 18.9 Å². The number of benzene rings is 1. The molecule has 0 spiro atoms. The number of halogens is 2. The Morgan fingerprint density at radius 1 is 1.44 bits per heavy atom. The Morgan fingerprint density at radius 3 is 2.06 bits per heavy atom. The number of carboxylic acids is 1. The molecule has 3 nitrogen and oxygen atoms in total. The summed E-state index contributed by atoms with van der Waals surface area (Å²) >= 11 is 0. The highest BCUT2D eigenvalue weighted by Crippen LogP contribution is 2.08. The van der Waals surface area contributed by atoms with Crippen LogP contribution in [0.15, 0.2) is 18.2 Å². The van der Waals surface area contributed by atoms with Gasteiger partial charge in [0, 0.05) is 5.56 Å². The molecule has 0 amide bonds. The zero-order valence-corrected chi connectivity index (χ0v) is 9.21. The third kappa shape index (κ3) is 4.84. The Hall–Kier alpha value is -1.49. The maximum atomic E-state index is 12.3. The lowest BCUT2D eigenvalue weighted by atomic mass is 10.2. The molecule has 1 atom stereocenters. The normalized spacial score (nSPS) is 11.3. The van der Waals surface area contributed by atoms with Crippen LogP contribution in [-0.4, -0.2) is 17.1 Å². The summed E-state index contributed by atoms with van der Waals surface area (Å²) in [4.78, 5) is 9.81. The summed E-state index contributed by atoms with van der Waals surface area (Å²) in [5.74, 6) is -1.91. The third-order valence-electron chi connectivity index (χ3n) is 1.96. The molecule has 1 aromatic carbocycles. The zero-order valence-electron chi connectivity index (χ0n) is 9.21. The summed E-state index contributed by atoms with van der Waals surface area (Å²) in [6.07, 6.45) is 0.495. The van der Waals surface area contributed by atoms with Crippen molar-refractivity contribution in [3.8, 4) is 0 Å². The highest BCUT2D eigenvalue weighted by Gasteiger charge is 2.05. The molecule has 0 fully saturated rings. The standard InChI is InChI=1S/C7H6F2.C4H9NO2/c1-5-6(8)3-2-4-7(5)9;1-2-3(5)4(6)7/h2-4H,1H3;3H,2,5H2,1H3,(H,6,7). The minimum atomic E-state index is -0.928. The van der Waals surface area contributed by atoms with Crippen molar-refractivity contribution in [3.63, 3.8) is 0 Å². The van der Waals surface area contributed by atoms with Crippen molar-refractivity contribution < 1.29 is 18.7 Å². The fraction of sp³-hybridized carbons (Fsp3) is 0.364. The van der Waals surface area contributed by atoms with Gasteiger partial charge >= 0.3 is 5.97 Å². The fourth-order valence-corrected chi connectivity index (χ4v) is 0.756. The number of carbonyl (C=O) groups is 1. The second-order valence-corrected chi connectivity index (χ2v) is 3.20. The van der Waals surface area contributed by atoms with Crippen molar-refractivity contribution in [1.29, 1.82) is 0 Å². The lowest BCUT2D eigenvalue weighted by molar-refractivity contribution is -0.138. The lowest BCUT2D eigenvalue weighted by Crippen LogP contribution is -2.28. The van der Waals surface area contributed by atoms with E-state index in [2.05, 4.69) is 0 Å². The SMILES string of the molecule is CCC(N)C(=O)O.Cc1c(F)cccc1F. The Kier molecular flexibility index (Phi) is 6.25. The molecule has 0 aromatic heterocycles. The van der Waals surface area contributed by atoms with Crippen LogP contribution in [0, 0.1) is 18.6 Å². The highest BCUT2D eigenvalue weighted by atomic mass is 19.1. The Bertz CT molecular complexity index is 336. The van der Waals surface area contributed by atoms with Crippen molar-refractivity contribution in [3.05, 3.63) is 35.4 Å². The smallest absolute Gasteiger partial charge is 0.320 e. The first kappa shape index (κ1) is 14.5. The van der Waals surface area contributed by atoms with E-state index in [0.29, 0.717) is 6.42 Å². The van der Waals surface area contributed by atoms with E-state index in [-0.39, 0.29) is 5.56 Å². The summed E-state index contributed by atoms with van der Waals surface area (Å²) in [5.41, 5.74) is 5.10. The second-order valence-electron chi connectivity index (χ2n) is 3.20. The molecule has 5 heteroatoms. The van der Waals surface area contributed by atoms with Gasteiger partial charge in [-0.1, -0.05) is 13.0 Å². The molecule has 0 aliphatic heterocycles. The van der Waals surface area contributed by atoms with E-state index < -0.39 is 23.6 Å². The van der Waals surface area contributed by atoms with Gasteiger partial charge in [-0.3, -0.25) is 4.79 Å². The summed E-state index contributed by atoms with van der Waals surface area (Å²) in [5, 5.41) is 8.06. The van der Waals surface area contributed by atoms with E-state index in [0.717, 1.165) is 0 Å². The topological polar surface area (TPSA) is 63.3 Å². The predicted molar refractivity (Wildman–Crippen MR) is 57.0 cm³/mol.